The highest BCUT2D eigenvalue weighted by Gasteiger charge is 2.14. The normalized spacial score (nSPS) is 10.4. The highest BCUT2D eigenvalue weighted by molar-refractivity contribution is 9.10. The molecule has 2 aromatic carbocycles. The van der Waals surface area contributed by atoms with Crippen molar-refractivity contribution in [2.45, 2.75) is 0 Å². The fourth-order valence-corrected chi connectivity index (χ4v) is 2.85. The van der Waals surface area contributed by atoms with E-state index in [1.807, 2.05) is 12.1 Å². The smallest absolute Gasteiger partial charge is 0.142 e. The summed E-state index contributed by atoms with van der Waals surface area (Å²) in [6, 6.07) is 15.5. The Morgan fingerprint density at radius 2 is 1.75 bits per heavy atom. The van der Waals surface area contributed by atoms with Crippen LogP contribution in [-0.4, -0.2) is 4.98 Å². The lowest BCUT2D eigenvalue weighted by Crippen LogP contribution is -2.00. The first-order valence-electron chi connectivity index (χ1n) is 6.91. The molecule has 0 fully saturated rings. The molecule has 0 atom stereocenters. The number of nitrogen functional groups attached to an aromatic ring is 1. The average molecular weight is 403 g/mol. The molecule has 0 aliphatic heterocycles. The van der Waals surface area contributed by atoms with E-state index in [0.29, 0.717) is 26.3 Å². The minimum atomic E-state index is -0.378. The van der Waals surface area contributed by atoms with E-state index in [1.165, 1.54) is 6.07 Å². The third kappa shape index (κ3) is 3.12. The van der Waals surface area contributed by atoms with Crippen LogP contribution in [0, 0.1) is 17.1 Å². The summed E-state index contributed by atoms with van der Waals surface area (Å²) in [6.07, 6.45) is 0. The van der Waals surface area contributed by atoms with Crippen molar-refractivity contribution in [2.24, 2.45) is 0 Å². The molecule has 0 spiro atoms. The van der Waals surface area contributed by atoms with Crippen molar-refractivity contribution in [1.82, 2.24) is 4.98 Å². The van der Waals surface area contributed by atoms with Gasteiger partial charge in [0.25, 0.3) is 0 Å². The number of hydrogen-bond donors (Lipinski definition) is 1. The van der Waals surface area contributed by atoms with Crippen molar-refractivity contribution in [1.29, 1.82) is 5.26 Å². The van der Waals surface area contributed by atoms with Gasteiger partial charge in [-0.05, 0) is 51.8 Å². The molecule has 24 heavy (non-hydrogen) atoms. The van der Waals surface area contributed by atoms with Crippen LogP contribution in [0.4, 0.5) is 10.2 Å². The Hall–Kier alpha value is -2.42. The van der Waals surface area contributed by atoms with Crippen molar-refractivity contribution in [3.05, 3.63) is 69.4 Å². The Kier molecular flexibility index (Phi) is 4.52. The predicted molar refractivity (Wildman–Crippen MR) is 96.9 cm³/mol. The molecular weight excluding hydrogens is 393 g/mol. The number of halogens is 3. The summed E-state index contributed by atoms with van der Waals surface area (Å²) < 4.78 is 13.8. The Morgan fingerprint density at radius 1 is 1.08 bits per heavy atom. The van der Waals surface area contributed by atoms with E-state index in [0.717, 1.165) is 5.56 Å². The fourth-order valence-electron chi connectivity index (χ4n) is 2.34. The van der Waals surface area contributed by atoms with E-state index in [-0.39, 0.29) is 17.2 Å². The number of nitrogens with two attached hydrogens (primary N) is 1. The number of rotatable bonds is 2. The topological polar surface area (TPSA) is 62.7 Å². The predicted octanol–water partition coefficient (Wildman–Crippen LogP) is 5.42. The van der Waals surface area contributed by atoms with Gasteiger partial charge in [0.1, 0.15) is 23.3 Å². The highest BCUT2D eigenvalue weighted by atomic mass is 79.9. The summed E-state index contributed by atoms with van der Waals surface area (Å²) in [5.41, 5.74) is 8.91. The second-order valence-electron chi connectivity index (χ2n) is 5.06. The van der Waals surface area contributed by atoms with Gasteiger partial charge in [-0.3, -0.25) is 0 Å². The van der Waals surface area contributed by atoms with Crippen LogP contribution in [0.1, 0.15) is 5.56 Å². The van der Waals surface area contributed by atoms with Gasteiger partial charge in [-0.2, -0.15) is 5.26 Å². The Balaban J connectivity index is 2.22. The molecule has 1 heterocycles. The Labute approximate surface area is 151 Å². The monoisotopic (exact) mass is 401 g/mol. The molecule has 3 nitrogen and oxygen atoms in total. The van der Waals surface area contributed by atoms with Gasteiger partial charge in [0.15, 0.2) is 0 Å². The average Bonchev–Trinajstić information content (AvgIpc) is 2.57. The molecule has 3 rings (SSSR count). The Bertz CT molecular complexity index is 965. The molecule has 0 unspecified atom stereocenters. The number of benzene rings is 2. The molecule has 118 valence electrons. The zero-order valence-electron chi connectivity index (χ0n) is 12.2. The molecule has 0 radical (unpaired) electrons. The van der Waals surface area contributed by atoms with Gasteiger partial charge in [0.05, 0.1) is 10.2 Å². The lowest BCUT2D eigenvalue weighted by molar-refractivity contribution is 0.621. The van der Waals surface area contributed by atoms with Gasteiger partial charge < -0.3 is 5.73 Å². The summed E-state index contributed by atoms with van der Waals surface area (Å²) in [5, 5.41) is 10.0. The number of nitriles is 1. The minimum Gasteiger partial charge on any atom is -0.383 e. The lowest BCUT2D eigenvalue weighted by atomic mass is 9.98. The van der Waals surface area contributed by atoms with Crippen molar-refractivity contribution in [3.63, 3.8) is 0 Å². The maximum Gasteiger partial charge on any atom is 0.142 e. The molecule has 2 N–H and O–H groups in total. The summed E-state index contributed by atoms with van der Waals surface area (Å²) in [6.45, 7) is 0. The molecule has 6 heteroatoms. The number of pyridine rings is 1. The van der Waals surface area contributed by atoms with Crippen LogP contribution in [0.25, 0.3) is 22.4 Å². The van der Waals surface area contributed by atoms with Crippen LogP contribution < -0.4 is 5.73 Å². The molecule has 0 aliphatic carbocycles. The number of anilines is 1. The first kappa shape index (κ1) is 16.4. The fraction of sp³-hybridized carbons (Fsp3) is 0. The van der Waals surface area contributed by atoms with Crippen molar-refractivity contribution in [3.8, 4) is 28.5 Å². The van der Waals surface area contributed by atoms with Gasteiger partial charge in [0.2, 0.25) is 0 Å². The third-order valence-electron chi connectivity index (χ3n) is 3.53. The zero-order valence-corrected chi connectivity index (χ0v) is 14.6. The zero-order chi connectivity index (χ0) is 17.3. The number of aromatic nitrogens is 1. The van der Waals surface area contributed by atoms with Crippen LogP contribution in [-0.2, 0) is 0 Å². The van der Waals surface area contributed by atoms with Crippen molar-refractivity contribution >= 4 is 33.3 Å². The van der Waals surface area contributed by atoms with Crippen LogP contribution in [0.5, 0.6) is 0 Å². The molecular formula is C18H10BrClFN3. The van der Waals surface area contributed by atoms with E-state index in [9.17, 15) is 9.65 Å². The summed E-state index contributed by atoms with van der Waals surface area (Å²) in [4.78, 5) is 4.30. The SMILES string of the molecule is N#Cc1c(-c2ccc(F)c(Br)c2)cc(-c2ccc(Cl)cc2)nc1N. The maximum absolute atomic E-state index is 13.5. The quantitative estimate of drug-likeness (QED) is 0.622. The molecule has 3 aromatic rings. The van der Waals surface area contributed by atoms with Crippen LogP contribution in [0.3, 0.4) is 0 Å². The largest absolute Gasteiger partial charge is 0.383 e. The minimum absolute atomic E-state index is 0.125. The van der Waals surface area contributed by atoms with Crippen LogP contribution >= 0.6 is 27.5 Å². The number of nitrogens with zero attached hydrogens (tertiary/aromatic N) is 2. The van der Waals surface area contributed by atoms with E-state index in [4.69, 9.17) is 17.3 Å². The molecule has 0 saturated heterocycles. The van der Waals surface area contributed by atoms with Crippen LogP contribution in [0.15, 0.2) is 53.0 Å². The maximum atomic E-state index is 13.5. The van der Waals surface area contributed by atoms with E-state index in [1.54, 1.807) is 30.3 Å². The van der Waals surface area contributed by atoms with Crippen molar-refractivity contribution in [2.75, 3.05) is 5.73 Å². The molecule has 0 amide bonds. The van der Waals surface area contributed by atoms with Gasteiger partial charge >= 0.3 is 0 Å². The summed E-state index contributed by atoms with van der Waals surface area (Å²) in [7, 11) is 0. The van der Waals surface area contributed by atoms with Gasteiger partial charge in [0, 0.05) is 16.1 Å². The second-order valence-corrected chi connectivity index (χ2v) is 6.35. The van der Waals surface area contributed by atoms with Crippen molar-refractivity contribution < 1.29 is 4.39 Å². The molecule has 0 bridgehead atoms. The van der Waals surface area contributed by atoms with E-state index >= 15 is 0 Å². The first-order chi connectivity index (χ1) is 11.5. The van der Waals surface area contributed by atoms with E-state index in [2.05, 4.69) is 27.0 Å². The van der Waals surface area contributed by atoms with Gasteiger partial charge in [-0.25, -0.2) is 9.37 Å². The lowest BCUT2D eigenvalue weighted by Gasteiger charge is -2.11. The third-order valence-corrected chi connectivity index (χ3v) is 4.39. The summed E-state index contributed by atoms with van der Waals surface area (Å²) in [5.74, 6) is -0.252. The van der Waals surface area contributed by atoms with Gasteiger partial charge in [-0.1, -0.05) is 29.8 Å². The molecule has 0 aliphatic rings. The molecule has 0 saturated carbocycles. The van der Waals surface area contributed by atoms with Gasteiger partial charge in [-0.15, -0.1) is 0 Å². The number of hydrogen-bond acceptors (Lipinski definition) is 3. The highest BCUT2D eigenvalue weighted by Crippen LogP contribution is 2.33. The second kappa shape index (κ2) is 6.60. The first-order valence-corrected chi connectivity index (χ1v) is 8.08. The summed E-state index contributed by atoms with van der Waals surface area (Å²) >= 11 is 9.07. The molecule has 1 aromatic heterocycles. The Morgan fingerprint density at radius 3 is 2.38 bits per heavy atom. The van der Waals surface area contributed by atoms with E-state index < -0.39 is 0 Å². The standard InChI is InChI=1S/C18H10BrClFN3/c19-15-7-11(3-6-16(15)21)13-8-17(24-18(23)14(13)9-22)10-1-4-12(20)5-2-10/h1-8H,(H2,23,24). The van der Waals surface area contributed by atoms with Crippen LogP contribution in [0.2, 0.25) is 5.02 Å².